The monoisotopic (exact) mass is 350 g/mol. The highest BCUT2D eigenvalue weighted by Gasteiger charge is 2.57. The molecule has 1 aromatic rings. The summed E-state index contributed by atoms with van der Waals surface area (Å²) in [7, 11) is 0. The van der Waals surface area contributed by atoms with Gasteiger partial charge in [-0.1, -0.05) is 0 Å². The zero-order valence-electron chi connectivity index (χ0n) is 13.2. The normalized spacial score (nSPS) is 36.4. The number of halogens is 1. The fourth-order valence-electron chi connectivity index (χ4n) is 5.28. The van der Waals surface area contributed by atoms with Crippen molar-refractivity contribution in [3.63, 3.8) is 0 Å². The zero-order valence-corrected chi connectivity index (χ0v) is 13.9. The summed E-state index contributed by atoms with van der Waals surface area (Å²) in [5.74, 6) is 1.47. The van der Waals surface area contributed by atoms with Crippen LogP contribution in [0.1, 0.15) is 38.5 Å². The molecule has 6 nitrogen and oxygen atoms in total. The first-order chi connectivity index (χ1) is 11.3. The first kappa shape index (κ1) is 15.7. The Morgan fingerprint density at radius 2 is 1.83 bits per heavy atom. The van der Waals surface area contributed by atoms with Gasteiger partial charge in [0.25, 0.3) is 5.69 Å². The van der Waals surface area contributed by atoms with Gasteiger partial charge in [0.2, 0.25) is 0 Å². The second-order valence-electron chi connectivity index (χ2n) is 7.66. The number of nitro groups is 1. The van der Waals surface area contributed by atoms with Crippen molar-refractivity contribution in [3.8, 4) is 5.75 Å². The number of non-ortho nitro benzene ring substituents is 1. The number of hydrogen-bond acceptors (Lipinski definition) is 4. The third kappa shape index (κ3) is 2.83. The lowest BCUT2D eigenvalue weighted by Crippen LogP contribution is -2.64. The Hall–Kier alpha value is -1.82. The Morgan fingerprint density at radius 1 is 1.21 bits per heavy atom. The molecule has 128 valence electrons. The van der Waals surface area contributed by atoms with Crippen LogP contribution in [0.25, 0.3) is 0 Å². The fraction of sp³-hybridized carbons (Fsp3) is 0.588. The molecule has 24 heavy (non-hydrogen) atoms. The van der Waals surface area contributed by atoms with Crippen molar-refractivity contribution >= 4 is 23.4 Å². The van der Waals surface area contributed by atoms with Gasteiger partial charge >= 0.3 is 6.09 Å². The summed E-state index contributed by atoms with van der Waals surface area (Å²) in [5, 5.41) is 13.7. The predicted molar refractivity (Wildman–Crippen MR) is 88.3 cm³/mol. The van der Waals surface area contributed by atoms with Crippen LogP contribution in [-0.4, -0.2) is 21.4 Å². The molecule has 4 saturated carbocycles. The third-order valence-corrected chi connectivity index (χ3v) is 6.06. The number of alkyl halides is 1. The van der Waals surface area contributed by atoms with E-state index in [4.69, 9.17) is 16.3 Å². The molecule has 4 bridgehead atoms. The molecule has 2 unspecified atom stereocenters. The fourth-order valence-corrected chi connectivity index (χ4v) is 5.97. The van der Waals surface area contributed by atoms with Gasteiger partial charge in [0, 0.05) is 22.5 Å². The standard InChI is InChI=1S/C17H19ClN2O4/c18-16-6-11-5-12(7-16)9-17(8-11,10-16)19-15(21)24-14-3-1-13(2-4-14)20(22)23/h1-4,11-12H,5-10H2,(H,19,21). The van der Waals surface area contributed by atoms with Crippen molar-refractivity contribution in [2.45, 2.75) is 48.9 Å². The van der Waals surface area contributed by atoms with Gasteiger partial charge in [-0.3, -0.25) is 10.1 Å². The summed E-state index contributed by atoms with van der Waals surface area (Å²) in [4.78, 5) is 22.3. The smallest absolute Gasteiger partial charge is 0.410 e. The van der Waals surface area contributed by atoms with Gasteiger partial charge in [0.05, 0.1) is 4.92 Å². The van der Waals surface area contributed by atoms with Crippen LogP contribution in [0.5, 0.6) is 5.75 Å². The molecule has 0 aliphatic heterocycles. The van der Waals surface area contributed by atoms with Crippen LogP contribution in [0.15, 0.2) is 24.3 Å². The van der Waals surface area contributed by atoms with Gasteiger partial charge in [0.1, 0.15) is 5.75 Å². The van der Waals surface area contributed by atoms with E-state index >= 15 is 0 Å². The number of nitrogens with zero attached hydrogens (tertiary/aromatic N) is 1. The lowest BCUT2D eigenvalue weighted by molar-refractivity contribution is -0.384. The van der Waals surface area contributed by atoms with E-state index in [0.29, 0.717) is 17.6 Å². The molecule has 7 heteroatoms. The van der Waals surface area contributed by atoms with E-state index in [9.17, 15) is 14.9 Å². The van der Waals surface area contributed by atoms with Crippen LogP contribution in [0.4, 0.5) is 10.5 Å². The van der Waals surface area contributed by atoms with E-state index < -0.39 is 11.0 Å². The summed E-state index contributed by atoms with van der Waals surface area (Å²) in [6.45, 7) is 0. The molecule has 1 N–H and O–H groups in total. The quantitative estimate of drug-likeness (QED) is 0.507. The largest absolute Gasteiger partial charge is 0.413 e. The van der Waals surface area contributed by atoms with Crippen LogP contribution in [0.3, 0.4) is 0 Å². The second-order valence-corrected chi connectivity index (χ2v) is 8.46. The van der Waals surface area contributed by atoms with Crippen LogP contribution in [0, 0.1) is 22.0 Å². The van der Waals surface area contributed by atoms with Crippen LogP contribution in [-0.2, 0) is 0 Å². The van der Waals surface area contributed by atoms with Crippen molar-refractivity contribution in [3.05, 3.63) is 34.4 Å². The maximum Gasteiger partial charge on any atom is 0.413 e. The van der Waals surface area contributed by atoms with Gasteiger partial charge in [-0.25, -0.2) is 4.79 Å². The summed E-state index contributed by atoms with van der Waals surface area (Å²) in [5.41, 5.74) is -0.295. The molecular formula is C17H19ClN2O4. The molecule has 0 radical (unpaired) electrons. The van der Waals surface area contributed by atoms with Crippen molar-refractivity contribution < 1.29 is 14.5 Å². The van der Waals surface area contributed by atoms with Gasteiger partial charge in [-0.2, -0.15) is 0 Å². The highest BCUT2D eigenvalue weighted by Crippen LogP contribution is 2.59. The Kier molecular flexibility index (Phi) is 3.49. The molecule has 0 heterocycles. The van der Waals surface area contributed by atoms with Crippen LogP contribution < -0.4 is 10.1 Å². The van der Waals surface area contributed by atoms with E-state index in [1.165, 1.54) is 30.7 Å². The number of benzene rings is 1. The van der Waals surface area contributed by atoms with E-state index in [0.717, 1.165) is 32.1 Å². The molecule has 2 atom stereocenters. The number of amides is 1. The summed E-state index contributed by atoms with van der Waals surface area (Å²) < 4.78 is 5.31. The Bertz CT molecular complexity index is 676. The number of rotatable bonds is 3. The molecule has 1 aromatic carbocycles. The summed E-state index contributed by atoms with van der Waals surface area (Å²) >= 11 is 6.76. The van der Waals surface area contributed by atoms with Gasteiger partial charge in [-0.15, -0.1) is 11.6 Å². The molecule has 4 aliphatic rings. The summed E-state index contributed by atoms with van der Waals surface area (Å²) in [6.07, 6.45) is 5.53. The van der Waals surface area contributed by atoms with Gasteiger partial charge in [0.15, 0.2) is 0 Å². The number of ether oxygens (including phenoxy) is 1. The number of carbonyl (C=O) groups is 1. The summed E-state index contributed by atoms with van der Waals surface area (Å²) in [6, 6.07) is 5.50. The van der Waals surface area contributed by atoms with Crippen molar-refractivity contribution in [1.82, 2.24) is 5.32 Å². The minimum atomic E-state index is -0.508. The van der Waals surface area contributed by atoms with Gasteiger partial charge in [-0.05, 0) is 62.5 Å². The molecule has 0 saturated heterocycles. The van der Waals surface area contributed by atoms with Crippen LogP contribution in [0.2, 0.25) is 0 Å². The second kappa shape index (κ2) is 5.34. The lowest BCUT2D eigenvalue weighted by Gasteiger charge is -2.59. The molecular weight excluding hydrogens is 332 g/mol. The molecule has 0 spiro atoms. The number of carbonyl (C=O) groups excluding carboxylic acids is 1. The maximum absolute atomic E-state index is 12.3. The first-order valence-electron chi connectivity index (χ1n) is 8.28. The molecule has 4 aliphatic carbocycles. The number of hydrogen-bond donors (Lipinski definition) is 1. The van der Waals surface area contributed by atoms with E-state index in [1.54, 1.807) is 0 Å². The molecule has 0 aromatic heterocycles. The topological polar surface area (TPSA) is 81.5 Å². The van der Waals surface area contributed by atoms with E-state index in [2.05, 4.69) is 5.32 Å². The lowest BCUT2D eigenvalue weighted by atomic mass is 9.52. The predicted octanol–water partition coefficient (Wildman–Crippen LogP) is 4.01. The zero-order chi connectivity index (χ0) is 16.9. The molecule has 4 fully saturated rings. The SMILES string of the molecule is O=C(NC12CC3CC(CC(Cl)(C3)C1)C2)Oc1ccc([N+](=O)[O-])cc1. The number of nitro benzene ring substituents is 1. The van der Waals surface area contributed by atoms with Crippen molar-refractivity contribution in [2.24, 2.45) is 11.8 Å². The number of nitrogens with one attached hydrogen (secondary N) is 1. The van der Waals surface area contributed by atoms with E-state index in [1.807, 2.05) is 0 Å². The minimum Gasteiger partial charge on any atom is -0.410 e. The minimum absolute atomic E-state index is 0.0343. The maximum atomic E-state index is 12.3. The highest BCUT2D eigenvalue weighted by molar-refractivity contribution is 6.24. The molecule has 5 rings (SSSR count). The van der Waals surface area contributed by atoms with Crippen molar-refractivity contribution in [1.29, 1.82) is 0 Å². The Morgan fingerprint density at radius 3 is 2.38 bits per heavy atom. The first-order valence-corrected chi connectivity index (χ1v) is 8.66. The van der Waals surface area contributed by atoms with Crippen molar-refractivity contribution in [2.75, 3.05) is 0 Å². The molecule has 1 amide bonds. The Balaban J connectivity index is 1.43. The average Bonchev–Trinajstić information content (AvgIpc) is 2.44. The third-order valence-electron chi connectivity index (χ3n) is 5.62. The Labute approximate surface area is 144 Å². The highest BCUT2D eigenvalue weighted by atomic mass is 35.5. The average molecular weight is 351 g/mol. The van der Waals surface area contributed by atoms with Gasteiger partial charge < -0.3 is 10.1 Å². The van der Waals surface area contributed by atoms with Crippen LogP contribution >= 0.6 is 11.6 Å². The van der Waals surface area contributed by atoms with E-state index in [-0.39, 0.29) is 16.1 Å².